The Labute approximate surface area is 143 Å². The molecule has 3 heterocycles. The lowest BCUT2D eigenvalue weighted by Crippen LogP contribution is -1.96. The summed E-state index contributed by atoms with van der Waals surface area (Å²) in [5, 5.41) is 6.61. The second-order valence-corrected chi connectivity index (χ2v) is 6.82. The molecule has 0 saturated heterocycles. The van der Waals surface area contributed by atoms with Gasteiger partial charge in [-0.25, -0.2) is 9.97 Å². The second-order valence-electron chi connectivity index (χ2n) is 5.58. The highest BCUT2D eigenvalue weighted by atomic mass is 32.1. The van der Waals surface area contributed by atoms with Crippen molar-refractivity contribution in [3.8, 4) is 0 Å². The summed E-state index contributed by atoms with van der Waals surface area (Å²) < 4.78 is 0. The van der Waals surface area contributed by atoms with E-state index in [4.69, 9.17) is 0 Å². The lowest BCUT2D eigenvalue weighted by Gasteiger charge is -2.00. The number of thiophene rings is 1. The van der Waals surface area contributed by atoms with Gasteiger partial charge in [0, 0.05) is 27.0 Å². The lowest BCUT2D eigenvalue weighted by atomic mass is 10.1. The van der Waals surface area contributed by atoms with E-state index < -0.39 is 0 Å². The zero-order chi connectivity index (χ0) is 16.5. The first-order valence-corrected chi connectivity index (χ1v) is 8.67. The third-order valence-electron chi connectivity index (χ3n) is 4.00. The maximum atomic E-state index is 4.42. The zero-order valence-corrected chi connectivity index (χ0v) is 14.3. The van der Waals surface area contributed by atoms with Crippen LogP contribution >= 0.6 is 11.3 Å². The van der Waals surface area contributed by atoms with Crippen LogP contribution < -0.4 is 5.43 Å². The fourth-order valence-corrected chi connectivity index (χ4v) is 3.72. The molecule has 0 bridgehead atoms. The number of hydrazone groups is 1. The van der Waals surface area contributed by atoms with Gasteiger partial charge in [0.2, 0.25) is 0 Å². The van der Waals surface area contributed by atoms with E-state index in [0.717, 1.165) is 33.5 Å². The van der Waals surface area contributed by atoms with Crippen LogP contribution in [-0.2, 0) is 6.42 Å². The maximum Gasteiger partial charge on any atom is 0.158 e. The minimum atomic E-state index is 0.735. The van der Waals surface area contributed by atoms with Crippen molar-refractivity contribution in [3.63, 3.8) is 0 Å². The van der Waals surface area contributed by atoms with Crippen LogP contribution in [0.1, 0.15) is 23.1 Å². The number of fused-ring (bicyclic) bond motifs is 2. The first-order valence-electron chi connectivity index (χ1n) is 7.86. The third kappa shape index (κ3) is 2.55. The average molecular weight is 335 g/mol. The van der Waals surface area contributed by atoms with Crippen molar-refractivity contribution in [2.45, 2.75) is 20.3 Å². The van der Waals surface area contributed by atoms with Crippen molar-refractivity contribution in [2.75, 3.05) is 5.43 Å². The molecule has 1 aromatic carbocycles. The van der Waals surface area contributed by atoms with E-state index in [9.17, 15) is 0 Å². The number of H-pyrrole nitrogens is 1. The number of aromatic amines is 1. The SMILES string of the molecule is CCc1[nH]c2ccccc2c1/C=N/Nc1ncnc2sc(C)cc12. The Morgan fingerprint density at radius 2 is 2.12 bits per heavy atom. The summed E-state index contributed by atoms with van der Waals surface area (Å²) in [6, 6.07) is 10.4. The van der Waals surface area contributed by atoms with Gasteiger partial charge in [0.15, 0.2) is 5.82 Å². The first kappa shape index (κ1) is 14.8. The number of nitrogens with zero attached hydrogens (tertiary/aromatic N) is 3. The molecular weight excluding hydrogens is 318 g/mol. The van der Waals surface area contributed by atoms with Crippen molar-refractivity contribution >= 4 is 44.5 Å². The Bertz CT molecular complexity index is 1040. The Morgan fingerprint density at radius 3 is 3.00 bits per heavy atom. The van der Waals surface area contributed by atoms with E-state index in [2.05, 4.69) is 57.5 Å². The number of nitrogens with one attached hydrogen (secondary N) is 2. The molecule has 0 aliphatic heterocycles. The predicted octanol–water partition coefficient (Wildman–Crippen LogP) is 4.49. The van der Waals surface area contributed by atoms with Gasteiger partial charge in [-0.05, 0) is 25.5 Å². The standard InChI is InChI=1S/C18H17N5S/c1-3-15-14(12-6-4-5-7-16(12)22-15)9-21-23-17-13-8-11(2)24-18(13)20-10-19-17/h4-10,22H,3H2,1-2H3,(H,19,20,23)/b21-9+. The van der Waals surface area contributed by atoms with E-state index in [0.29, 0.717) is 0 Å². The van der Waals surface area contributed by atoms with Crippen LogP contribution in [0.3, 0.4) is 0 Å². The smallest absolute Gasteiger partial charge is 0.158 e. The fraction of sp³-hybridized carbons (Fsp3) is 0.167. The largest absolute Gasteiger partial charge is 0.358 e. The molecule has 0 unspecified atom stereocenters. The maximum absolute atomic E-state index is 4.42. The van der Waals surface area contributed by atoms with Gasteiger partial charge in [-0.2, -0.15) is 5.10 Å². The molecule has 5 nitrogen and oxygen atoms in total. The van der Waals surface area contributed by atoms with Crippen LogP contribution in [-0.4, -0.2) is 21.2 Å². The summed E-state index contributed by atoms with van der Waals surface area (Å²) in [5.41, 5.74) is 6.50. The van der Waals surface area contributed by atoms with Crippen LogP contribution in [0.15, 0.2) is 41.8 Å². The monoisotopic (exact) mass is 335 g/mol. The highest BCUT2D eigenvalue weighted by Gasteiger charge is 2.08. The number of anilines is 1. The van der Waals surface area contributed by atoms with Crippen LogP contribution in [0.5, 0.6) is 0 Å². The summed E-state index contributed by atoms with van der Waals surface area (Å²) >= 11 is 1.66. The summed E-state index contributed by atoms with van der Waals surface area (Å²) in [7, 11) is 0. The third-order valence-corrected chi connectivity index (χ3v) is 4.96. The Morgan fingerprint density at radius 1 is 1.25 bits per heavy atom. The van der Waals surface area contributed by atoms with Gasteiger partial charge in [0.05, 0.1) is 11.6 Å². The molecule has 0 radical (unpaired) electrons. The van der Waals surface area contributed by atoms with E-state index >= 15 is 0 Å². The molecule has 0 atom stereocenters. The number of benzene rings is 1. The van der Waals surface area contributed by atoms with Crippen LogP contribution in [0.4, 0.5) is 5.82 Å². The van der Waals surface area contributed by atoms with Gasteiger partial charge in [0.25, 0.3) is 0 Å². The minimum absolute atomic E-state index is 0.735. The molecule has 4 rings (SSSR count). The molecule has 3 aromatic heterocycles. The summed E-state index contributed by atoms with van der Waals surface area (Å²) in [5.74, 6) is 0.735. The van der Waals surface area contributed by atoms with Crippen LogP contribution in [0.25, 0.3) is 21.1 Å². The molecule has 0 spiro atoms. The molecular formula is C18H17N5S. The molecule has 4 aromatic rings. The number of hydrogen-bond donors (Lipinski definition) is 2. The van der Waals surface area contributed by atoms with E-state index in [1.165, 1.54) is 16.0 Å². The van der Waals surface area contributed by atoms with Crippen molar-refractivity contribution < 1.29 is 0 Å². The molecule has 2 N–H and O–H groups in total. The average Bonchev–Trinajstić information content (AvgIpc) is 3.15. The van der Waals surface area contributed by atoms with Crippen molar-refractivity contribution in [3.05, 3.63) is 52.8 Å². The Kier molecular flexibility index (Phi) is 3.74. The molecule has 0 fully saturated rings. The van der Waals surface area contributed by atoms with E-state index in [1.54, 1.807) is 17.7 Å². The van der Waals surface area contributed by atoms with Gasteiger partial charge in [-0.15, -0.1) is 11.3 Å². The molecule has 0 aliphatic carbocycles. The highest BCUT2D eigenvalue weighted by Crippen LogP contribution is 2.27. The highest BCUT2D eigenvalue weighted by molar-refractivity contribution is 7.18. The molecule has 6 heteroatoms. The Balaban J connectivity index is 1.68. The molecule has 0 amide bonds. The number of para-hydroxylation sites is 1. The van der Waals surface area contributed by atoms with E-state index in [-0.39, 0.29) is 0 Å². The van der Waals surface area contributed by atoms with Crippen molar-refractivity contribution in [1.82, 2.24) is 15.0 Å². The quantitative estimate of drug-likeness (QED) is 0.426. The number of aromatic nitrogens is 3. The summed E-state index contributed by atoms with van der Waals surface area (Å²) in [4.78, 5) is 14.2. The van der Waals surface area contributed by atoms with E-state index in [1.807, 2.05) is 18.3 Å². The second kappa shape index (κ2) is 6.05. The molecule has 0 aliphatic rings. The Hall–Kier alpha value is -2.73. The zero-order valence-electron chi connectivity index (χ0n) is 13.5. The van der Waals surface area contributed by atoms with Crippen LogP contribution in [0.2, 0.25) is 0 Å². The molecule has 24 heavy (non-hydrogen) atoms. The first-order chi connectivity index (χ1) is 11.8. The van der Waals surface area contributed by atoms with Gasteiger partial charge in [0.1, 0.15) is 11.2 Å². The topological polar surface area (TPSA) is 66.0 Å². The van der Waals surface area contributed by atoms with Gasteiger partial charge in [-0.3, -0.25) is 5.43 Å². The molecule has 120 valence electrons. The minimum Gasteiger partial charge on any atom is -0.358 e. The number of hydrogen-bond acceptors (Lipinski definition) is 5. The summed E-state index contributed by atoms with van der Waals surface area (Å²) in [6.45, 7) is 4.20. The molecule has 0 saturated carbocycles. The van der Waals surface area contributed by atoms with Gasteiger partial charge in [-0.1, -0.05) is 25.1 Å². The van der Waals surface area contributed by atoms with Crippen molar-refractivity contribution in [1.29, 1.82) is 0 Å². The predicted molar refractivity (Wildman–Crippen MR) is 101 cm³/mol. The summed E-state index contributed by atoms with van der Waals surface area (Å²) in [6.07, 6.45) is 4.36. The van der Waals surface area contributed by atoms with Gasteiger partial charge >= 0.3 is 0 Å². The number of aryl methyl sites for hydroxylation is 2. The fourth-order valence-electron chi connectivity index (χ4n) is 2.87. The van der Waals surface area contributed by atoms with Gasteiger partial charge < -0.3 is 4.98 Å². The number of rotatable bonds is 4. The normalized spacial score (nSPS) is 11.8. The van der Waals surface area contributed by atoms with Crippen molar-refractivity contribution in [2.24, 2.45) is 5.10 Å². The lowest BCUT2D eigenvalue weighted by molar-refractivity contribution is 1.07. The van der Waals surface area contributed by atoms with Crippen LogP contribution in [0, 0.1) is 6.92 Å².